The fraction of sp³-hybridized carbons (Fsp3) is 0.769. The molecule has 164 valence electrons. The maximum absolute atomic E-state index is 11.0. The first kappa shape index (κ1) is 22.8. The predicted octanol–water partition coefficient (Wildman–Crippen LogP) is 5.46. The number of hydrogen-bond donors (Lipinski definition) is 3. The molecule has 0 saturated heterocycles. The standard InChI is InChI=1S/C26H42O3/c1-18-9-12-21(27)17-20(18)11-10-19-7-5-16-26(4)22(19)13-14-23(26)24(28)8-6-15-25(2,3)29/h10-11,21-24,27-29H,1,5-9,12-17H2,2-4H3. The van der Waals surface area contributed by atoms with E-state index >= 15 is 0 Å². The molecule has 29 heavy (non-hydrogen) atoms. The van der Waals surface area contributed by atoms with Crippen molar-refractivity contribution in [3.05, 3.63) is 35.5 Å². The first-order valence-corrected chi connectivity index (χ1v) is 11.8. The molecule has 0 spiro atoms. The van der Waals surface area contributed by atoms with Gasteiger partial charge in [-0.3, -0.25) is 0 Å². The number of allylic oxidation sites excluding steroid dienone is 4. The number of rotatable bonds is 6. The molecule has 0 radical (unpaired) electrons. The largest absolute Gasteiger partial charge is 0.393 e. The van der Waals surface area contributed by atoms with Gasteiger partial charge in [0, 0.05) is 0 Å². The molecule has 0 aromatic heterocycles. The maximum atomic E-state index is 11.0. The molecule has 3 rings (SSSR count). The summed E-state index contributed by atoms with van der Waals surface area (Å²) in [5, 5.41) is 30.9. The smallest absolute Gasteiger partial charge is 0.0591 e. The number of hydrogen-bond acceptors (Lipinski definition) is 3. The number of aliphatic hydroxyl groups excluding tert-OH is 2. The van der Waals surface area contributed by atoms with E-state index in [1.165, 1.54) is 36.0 Å². The van der Waals surface area contributed by atoms with Gasteiger partial charge in [0.1, 0.15) is 0 Å². The third kappa shape index (κ3) is 5.42. The van der Waals surface area contributed by atoms with Gasteiger partial charge in [0.25, 0.3) is 0 Å². The van der Waals surface area contributed by atoms with Gasteiger partial charge in [0.2, 0.25) is 0 Å². The summed E-state index contributed by atoms with van der Waals surface area (Å²) in [5.74, 6) is 0.918. The monoisotopic (exact) mass is 402 g/mol. The molecule has 0 amide bonds. The molecular formula is C26H42O3. The molecule has 0 bridgehead atoms. The first-order chi connectivity index (χ1) is 13.6. The lowest BCUT2D eigenvalue weighted by Gasteiger charge is -2.44. The van der Waals surface area contributed by atoms with E-state index < -0.39 is 5.60 Å². The van der Waals surface area contributed by atoms with Gasteiger partial charge in [0.15, 0.2) is 0 Å². The molecule has 0 aromatic carbocycles. The Morgan fingerprint density at radius 1 is 1.21 bits per heavy atom. The lowest BCUT2D eigenvalue weighted by molar-refractivity contribution is 0.00723. The van der Waals surface area contributed by atoms with Crippen LogP contribution in [0.5, 0.6) is 0 Å². The Kier molecular flexibility index (Phi) is 7.13. The average molecular weight is 403 g/mol. The molecule has 3 aliphatic rings. The van der Waals surface area contributed by atoms with Crippen LogP contribution >= 0.6 is 0 Å². The van der Waals surface area contributed by atoms with E-state index in [9.17, 15) is 15.3 Å². The fourth-order valence-corrected chi connectivity index (χ4v) is 6.25. The Balaban J connectivity index is 1.68. The fourth-order valence-electron chi connectivity index (χ4n) is 6.25. The second-order valence-electron chi connectivity index (χ2n) is 10.8. The molecule has 0 heterocycles. The average Bonchev–Trinajstić information content (AvgIpc) is 2.99. The molecule has 3 aliphatic carbocycles. The highest BCUT2D eigenvalue weighted by Crippen LogP contribution is 2.58. The van der Waals surface area contributed by atoms with Gasteiger partial charge in [-0.2, -0.15) is 0 Å². The molecule has 0 aromatic rings. The van der Waals surface area contributed by atoms with E-state index in [1.807, 2.05) is 13.8 Å². The van der Waals surface area contributed by atoms with E-state index in [0.29, 0.717) is 11.8 Å². The van der Waals surface area contributed by atoms with Crippen LogP contribution in [0.3, 0.4) is 0 Å². The van der Waals surface area contributed by atoms with Gasteiger partial charge in [-0.05, 0) is 107 Å². The van der Waals surface area contributed by atoms with Crippen molar-refractivity contribution < 1.29 is 15.3 Å². The van der Waals surface area contributed by atoms with E-state index in [0.717, 1.165) is 51.4 Å². The lowest BCUT2D eigenvalue weighted by Crippen LogP contribution is -2.38. The third-order valence-corrected chi connectivity index (χ3v) is 7.98. The van der Waals surface area contributed by atoms with Crippen molar-refractivity contribution in [2.45, 2.75) is 109 Å². The molecule has 5 unspecified atom stereocenters. The van der Waals surface area contributed by atoms with Crippen LogP contribution in [0, 0.1) is 17.3 Å². The molecule has 3 N–H and O–H groups in total. The second-order valence-corrected chi connectivity index (χ2v) is 10.8. The van der Waals surface area contributed by atoms with Gasteiger partial charge < -0.3 is 15.3 Å². The molecule has 3 saturated carbocycles. The van der Waals surface area contributed by atoms with Crippen LogP contribution in [-0.2, 0) is 0 Å². The normalized spacial score (nSPS) is 37.2. The summed E-state index contributed by atoms with van der Waals surface area (Å²) >= 11 is 0. The molecule has 5 atom stereocenters. The van der Waals surface area contributed by atoms with Gasteiger partial charge in [-0.1, -0.05) is 36.8 Å². The van der Waals surface area contributed by atoms with Crippen LogP contribution in [0.1, 0.15) is 91.4 Å². The van der Waals surface area contributed by atoms with Gasteiger partial charge in [-0.15, -0.1) is 0 Å². The molecule has 3 nitrogen and oxygen atoms in total. The van der Waals surface area contributed by atoms with Crippen LogP contribution in [0.4, 0.5) is 0 Å². The molecule has 3 heteroatoms. The Morgan fingerprint density at radius 3 is 2.69 bits per heavy atom. The highest BCUT2D eigenvalue weighted by molar-refractivity contribution is 5.36. The van der Waals surface area contributed by atoms with Crippen LogP contribution in [-0.4, -0.2) is 33.1 Å². The maximum Gasteiger partial charge on any atom is 0.0591 e. The van der Waals surface area contributed by atoms with E-state index in [1.54, 1.807) is 0 Å². The summed E-state index contributed by atoms with van der Waals surface area (Å²) in [6, 6.07) is 0. The van der Waals surface area contributed by atoms with E-state index in [-0.39, 0.29) is 17.6 Å². The van der Waals surface area contributed by atoms with Crippen molar-refractivity contribution in [1.29, 1.82) is 0 Å². The SMILES string of the molecule is C=C1CCC(O)CC1=CC=C1CCCC2(C)C1CCC2C(O)CCCC(C)(C)O. The van der Waals surface area contributed by atoms with Crippen molar-refractivity contribution >= 4 is 0 Å². The van der Waals surface area contributed by atoms with Crippen molar-refractivity contribution in [1.82, 2.24) is 0 Å². The Morgan fingerprint density at radius 2 is 1.97 bits per heavy atom. The Hall–Kier alpha value is -0.900. The quantitative estimate of drug-likeness (QED) is 0.553. The van der Waals surface area contributed by atoms with Gasteiger partial charge in [0.05, 0.1) is 17.8 Å². The topological polar surface area (TPSA) is 60.7 Å². The number of fused-ring (bicyclic) bond motifs is 1. The van der Waals surface area contributed by atoms with E-state index in [2.05, 4.69) is 25.7 Å². The summed E-state index contributed by atoms with van der Waals surface area (Å²) in [6.07, 6.45) is 14.7. The summed E-state index contributed by atoms with van der Waals surface area (Å²) in [4.78, 5) is 0. The lowest BCUT2D eigenvalue weighted by atomic mass is 9.62. The van der Waals surface area contributed by atoms with Crippen LogP contribution in [0.15, 0.2) is 35.5 Å². The second kappa shape index (κ2) is 9.08. The Labute approximate surface area is 177 Å². The molecule has 3 fully saturated rings. The van der Waals surface area contributed by atoms with Crippen molar-refractivity contribution in [3.63, 3.8) is 0 Å². The zero-order valence-corrected chi connectivity index (χ0v) is 18.8. The minimum absolute atomic E-state index is 0.180. The van der Waals surface area contributed by atoms with Crippen LogP contribution in [0.25, 0.3) is 0 Å². The van der Waals surface area contributed by atoms with Crippen LogP contribution < -0.4 is 0 Å². The van der Waals surface area contributed by atoms with Crippen molar-refractivity contribution in [3.8, 4) is 0 Å². The predicted molar refractivity (Wildman–Crippen MR) is 119 cm³/mol. The minimum Gasteiger partial charge on any atom is -0.393 e. The highest BCUT2D eigenvalue weighted by atomic mass is 16.3. The van der Waals surface area contributed by atoms with Gasteiger partial charge in [-0.25, -0.2) is 0 Å². The molecule has 0 aliphatic heterocycles. The van der Waals surface area contributed by atoms with Crippen LogP contribution in [0.2, 0.25) is 0 Å². The van der Waals surface area contributed by atoms with E-state index in [4.69, 9.17) is 0 Å². The van der Waals surface area contributed by atoms with Crippen molar-refractivity contribution in [2.24, 2.45) is 17.3 Å². The Bertz CT molecular complexity index is 653. The highest BCUT2D eigenvalue weighted by Gasteiger charge is 2.51. The van der Waals surface area contributed by atoms with Crippen molar-refractivity contribution in [2.75, 3.05) is 0 Å². The van der Waals surface area contributed by atoms with Gasteiger partial charge >= 0.3 is 0 Å². The number of aliphatic hydroxyl groups is 3. The summed E-state index contributed by atoms with van der Waals surface area (Å²) < 4.78 is 0. The zero-order chi connectivity index (χ0) is 21.2. The summed E-state index contributed by atoms with van der Waals surface area (Å²) in [6.45, 7) is 10.3. The third-order valence-electron chi connectivity index (χ3n) is 7.98. The first-order valence-electron chi connectivity index (χ1n) is 11.8. The summed E-state index contributed by atoms with van der Waals surface area (Å²) in [7, 11) is 0. The minimum atomic E-state index is -0.646. The zero-order valence-electron chi connectivity index (χ0n) is 18.8. The molecular weight excluding hydrogens is 360 g/mol. The summed E-state index contributed by atoms with van der Waals surface area (Å²) in [5.41, 5.74) is 3.46.